The zero-order valence-corrected chi connectivity index (χ0v) is 23.9. The van der Waals surface area contributed by atoms with Crippen molar-refractivity contribution in [1.29, 1.82) is 0 Å². The summed E-state index contributed by atoms with van der Waals surface area (Å²) in [7, 11) is -4.34. The minimum atomic E-state index is -2.60. The number of aliphatic imine (C=N–C) groups is 1. The maximum absolute atomic E-state index is 14.7. The fourth-order valence-electron chi connectivity index (χ4n) is 5.08. The summed E-state index contributed by atoms with van der Waals surface area (Å²) in [6.07, 6.45) is 2.92. The second kappa shape index (κ2) is 12.2. The molecular formula is C21H27FN8O8P2S. The molecule has 0 radical (unpaired) electrons. The van der Waals surface area contributed by atoms with Crippen LogP contribution in [0, 0.1) is 5.82 Å². The second-order valence-corrected chi connectivity index (χ2v) is 12.1. The van der Waals surface area contributed by atoms with Gasteiger partial charge in [-0.3, -0.25) is 9.36 Å². The summed E-state index contributed by atoms with van der Waals surface area (Å²) in [5.41, 5.74) is 5.96. The summed E-state index contributed by atoms with van der Waals surface area (Å²) < 4.78 is 47.0. The number of nitrogens with zero attached hydrogens (tertiary/aromatic N) is 5. The number of nitrogens with two attached hydrogens (primary N) is 1. The first-order chi connectivity index (χ1) is 19.8. The summed E-state index contributed by atoms with van der Waals surface area (Å²) in [6.45, 7) is 0.433. The van der Waals surface area contributed by atoms with Crippen LogP contribution in [0.25, 0.3) is 11.0 Å². The molecule has 6 rings (SSSR count). The molecular weight excluding hydrogens is 605 g/mol. The first-order valence-corrected chi connectivity index (χ1v) is 16.0. The smallest absolute Gasteiger partial charge is 0.327 e. The summed E-state index contributed by atoms with van der Waals surface area (Å²) >= 11 is 4.49. The molecule has 3 aromatic heterocycles. The maximum Gasteiger partial charge on any atom is 0.327 e. The van der Waals surface area contributed by atoms with Crippen LogP contribution in [0.2, 0.25) is 0 Å². The van der Waals surface area contributed by atoms with Crippen LogP contribution in [0.1, 0.15) is 37.4 Å². The molecule has 20 heteroatoms. The van der Waals surface area contributed by atoms with E-state index >= 15 is 0 Å². The van der Waals surface area contributed by atoms with Crippen molar-refractivity contribution < 1.29 is 37.2 Å². The van der Waals surface area contributed by atoms with Crippen molar-refractivity contribution >= 4 is 51.1 Å². The van der Waals surface area contributed by atoms with E-state index in [1.165, 1.54) is 10.9 Å². The molecule has 2 fully saturated rings. The number of ether oxygens (including phenoxy) is 2. The molecule has 3 aliphatic rings. The highest BCUT2D eigenvalue weighted by Gasteiger charge is 2.41. The number of H-pyrrole nitrogens is 1. The van der Waals surface area contributed by atoms with Crippen LogP contribution in [0.3, 0.4) is 0 Å². The summed E-state index contributed by atoms with van der Waals surface area (Å²) in [5, 5.41) is 2.95. The van der Waals surface area contributed by atoms with Crippen LogP contribution in [0.15, 0.2) is 28.6 Å². The predicted molar refractivity (Wildman–Crippen MR) is 147 cm³/mol. The topological polar surface area (TPSA) is 206 Å². The average Bonchev–Trinajstić information content (AvgIpc) is 3.72. The maximum atomic E-state index is 14.7. The van der Waals surface area contributed by atoms with Crippen LogP contribution in [0.5, 0.6) is 0 Å². The van der Waals surface area contributed by atoms with Gasteiger partial charge < -0.3 is 53.4 Å². The Kier molecular flexibility index (Phi) is 8.56. The summed E-state index contributed by atoms with van der Waals surface area (Å²) in [6, 6.07) is 0. The van der Waals surface area contributed by atoms with Crippen molar-refractivity contribution in [3.63, 3.8) is 0 Å². The number of aromatic amines is 1. The molecule has 41 heavy (non-hydrogen) atoms. The Morgan fingerprint density at radius 2 is 2.02 bits per heavy atom. The molecule has 0 bridgehead atoms. The van der Waals surface area contributed by atoms with Crippen molar-refractivity contribution in [2.24, 2.45) is 10.7 Å². The minimum absolute atomic E-state index is 0.0667. The molecule has 6 atom stereocenters. The lowest BCUT2D eigenvalue weighted by molar-refractivity contribution is -0.0432. The van der Waals surface area contributed by atoms with Gasteiger partial charge in [0.1, 0.15) is 41.7 Å². The lowest BCUT2D eigenvalue weighted by atomic mass is 10.2. The molecule has 0 amide bonds. The fraction of sp³-hybridized carbons (Fsp3) is 0.524. The Balaban J connectivity index is 1.10. The number of nitrogens with one attached hydrogen (secondary N) is 2. The van der Waals surface area contributed by atoms with Crippen LogP contribution in [0.4, 0.5) is 10.2 Å². The third-order valence-electron chi connectivity index (χ3n) is 6.89. The average molecular weight is 633 g/mol. The van der Waals surface area contributed by atoms with Crippen molar-refractivity contribution in [2.75, 3.05) is 25.2 Å². The Labute approximate surface area is 239 Å². The van der Waals surface area contributed by atoms with E-state index in [2.05, 4.69) is 37.5 Å². The number of rotatable bonds is 10. The van der Waals surface area contributed by atoms with Gasteiger partial charge in [-0.25, -0.2) is 19.4 Å². The largest absolute Gasteiger partial charge is 0.382 e. The molecule has 6 N–H and O–H groups in total. The Hall–Kier alpha value is -2.24. The van der Waals surface area contributed by atoms with E-state index in [0.717, 1.165) is 24.9 Å². The highest BCUT2D eigenvalue weighted by Crippen LogP contribution is 2.50. The number of hydrogen-bond acceptors (Lipinski definition) is 14. The number of aromatic nitrogens is 5. The van der Waals surface area contributed by atoms with E-state index in [1.54, 1.807) is 6.33 Å². The predicted octanol–water partition coefficient (Wildman–Crippen LogP) is 1.60. The molecule has 0 aromatic carbocycles. The molecule has 3 aliphatic heterocycles. The van der Waals surface area contributed by atoms with Gasteiger partial charge in [0, 0.05) is 12.6 Å². The van der Waals surface area contributed by atoms with Crippen molar-refractivity contribution in [1.82, 2.24) is 24.1 Å². The molecule has 0 spiro atoms. The number of halogens is 1. The zero-order chi connectivity index (χ0) is 28.7. The Morgan fingerprint density at radius 1 is 1.20 bits per heavy atom. The van der Waals surface area contributed by atoms with Crippen LogP contribution < -0.4 is 16.6 Å². The molecule has 0 aliphatic carbocycles. The second-order valence-electron chi connectivity index (χ2n) is 9.44. The van der Waals surface area contributed by atoms with E-state index in [9.17, 15) is 9.18 Å². The molecule has 0 saturated carbocycles. The molecule has 5 unspecified atom stereocenters. The van der Waals surface area contributed by atoms with Gasteiger partial charge in [0.15, 0.2) is 17.7 Å². The zero-order valence-electron chi connectivity index (χ0n) is 21.2. The van der Waals surface area contributed by atoms with Crippen LogP contribution >= 0.6 is 28.4 Å². The molecule has 6 heterocycles. The van der Waals surface area contributed by atoms with Gasteiger partial charge in [-0.05, 0) is 12.8 Å². The number of anilines is 1. The van der Waals surface area contributed by atoms with E-state index in [0.29, 0.717) is 18.2 Å². The first-order valence-electron chi connectivity index (χ1n) is 12.5. The number of fused-ring (bicyclic) bond motifs is 2. The fourth-order valence-corrected chi connectivity index (χ4v) is 6.72. The molecule has 3 aromatic rings. The normalized spacial score (nSPS) is 26.9. The van der Waals surface area contributed by atoms with Gasteiger partial charge in [-0.15, -0.1) is 0 Å². The van der Waals surface area contributed by atoms with Crippen LogP contribution in [-0.2, 0) is 23.0 Å². The van der Waals surface area contributed by atoms with E-state index < -0.39 is 46.0 Å². The third kappa shape index (κ3) is 5.99. The van der Waals surface area contributed by atoms with Gasteiger partial charge in [-0.1, -0.05) is 12.2 Å². The Morgan fingerprint density at radius 3 is 2.85 bits per heavy atom. The van der Waals surface area contributed by atoms with Gasteiger partial charge in [-0.2, -0.15) is 0 Å². The standard InChI is InChI=1S/C21H27FN8O8P2S/c22-12-4-29(18-15(12)20(31)27-8-25-18)21-13(3-11(37-21)6-34-39(32)33)38-40(41)35-5-10-1-2-14(36-10)30-9-28-16-17(23)24-7-26-19(16)30/h4,8-11,13-14,21,26,32-33,41H,1-3,5-7H2,(H2,23,24)(H,25,27,31)/t10?,11?,13-,14?,21?,40?/m1/s1. The molecule has 2 saturated heterocycles. The minimum Gasteiger partial charge on any atom is -0.382 e. The molecule has 16 nitrogen and oxygen atoms in total. The van der Waals surface area contributed by atoms with Crippen molar-refractivity contribution in [3.05, 3.63) is 40.7 Å². The van der Waals surface area contributed by atoms with Crippen LogP contribution in [-0.4, -0.2) is 77.9 Å². The first kappa shape index (κ1) is 28.9. The van der Waals surface area contributed by atoms with E-state index in [-0.39, 0.29) is 43.0 Å². The monoisotopic (exact) mass is 632 g/mol. The Bertz CT molecular complexity index is 1490. The van der Waals surface area contributed by atoms with E-state index in [1.807, 2.05) is 4.57 Å². The molecule has 222 valence electrons. The SMILES string of the molecule is NC1=NCNc2c1ncn2C1CCC(COP(S)O[C@@H]2CC(COP(O)O)OC2n2cc(F)c3c(=O)[nH]cnc32)O1. The number of hydrogen-bond donors (Lipinski definition) is 6. The highest BCUT2D eigenvalue weighted by molar-refractivity contribution is 8.41. The van der Waals surface area contributed by atoms with Gasteiger partial charge >= 0.3 is 8.60 Å². The summed E-state index contributed by atoms with van der Waals surface area (Å²) in [5.74, 6) is 0.366. The van der Waals surface area contributed by atoms with Crippen molar-refractivity contribution in [2.45, 2.75) is 50.0 Å². The lowest BCUT2D eigenvalue weighted by Gasteiger charge is -2.24. The van der Waals surface area contributed by atoms with Gasteiger partial charge in [0.05, 0.1) is 38.1 Å². The number of imidazole rings is 1. The number of thiol groups is 1. The van der Waals surface area contributed by atoms with Gasteiger partial charge in [0.2, 0.25) is 7.58 Å². The quantitative estimate of drug-likeness (QED) is 0.139. The third-order valence-corrected chi connectivity index (χ3v) is 8.72. The number of amidine groups is 1. The highest BCUT2D eigenvalue weighted by atomic mass is 32.7. The summed E-state index contributed by atoms with van der Waals surface area (Å²) in [4.78, 5) is 45.4. The van der Waals surface area contributed by atoms with Gasteiger partial charge in [0.25, 0.3) is 5.56 Å². The van der Waals surface area contributed by atoms with Crippen molar-refractivity contribution in [3.8, 4) is 0 Å². The lowest BCUT2D eigenvalue weighted by Crippen LogP contribution is -2.24. The van der Waals surface area contributed by atoms with E-state index in [4.69, 9.17) is 38.6 Å².